The van der Waals surface area contributed by atoms with Crippen molar-refractivity contribution in [3.05, 3.63) is 41.4 Å². The highest BCUT2D eigenvalue weighted by molar-refractivity contribution is 5.45. The molecule has 3 aromatic rings. The van der Waals surface area contributed by atoms with Crippen molar-refractivity contribution in [2.24, 2.45) is 7.05 Å². The van der Waals surface area contributed by atoms with Crippen molar-refractivity contribution in [1.82, 2.24) is 29.9 Å². The summed E-state index contributed by atoms with van der Waals surface area (Å²) < 4.78 is 7.28. The largest absolute Gasteiger partial charge is 0.339 e. The Bertz CT molecular complexity index is 777. The average molecular weight is 298 g/mol. The number of aromatic nitrogens is 6. The summed E-state index contributed by atoms with van der Waals surface area (Å²) in [5.74, 6) is 1.18. The minimum absolute atomic E-state index is 0.111. The Morgan fingerprint density at radius 3 is 2.73 bits per heavy atom. The van der Waals surface area contributed by atoms with Crippen LogP contribution >= 0.6 is 0 Å². The smallest absolute Gasteiger partial charge is 0.230 e. The Hall–Kier alpha value is -2.57. The molecule has 0 aromatic carbocycles. The molecule has 0 aliphatic carbocycles. The molecule has 0 saturated heterocycles. The highest BCUT2D eigenvalue weighted by Gasteiger charge is 2.20. The monoisotopic (exact) mass is 298 g/mol. The minimum atomic E-state index is 0.111. The van der Waals surface area contributed by atoms with Crippen LogP contribution in [0.3, 0.4) is 0 Å². The molecule has 22 heavy (non-hydrogen) atoms. The van der Waals surface area contributed by atoms with Gasteiger partial charge in [0.05, 0.1) is 11.9 Å². The van der Waals surface area contributed by atoms with Gasteiger partial charge in [0, 0.05) is 31.1 Å². The maximum Gasteiger partial charge on any atom is 0.230 e. The summed E-state index contributed by atoms with van der Waals surface area (Å²) >= 11 is 0. The van der Waals surface area contributed by atoms with Crippen molar-refractivity contribution < 1.29 is 4.52 Å². The van der Waals surface area contributed by atoms with E-state index in [1.54, 1.807) is 18.6 Å². The molecule has 0 fully saturated rings. The molecule has 0 amide bonds. The first kappa shape index (κ1) is 14.4. The van der Waals surface area contributed by atoms with Crippen LogP contribution in [0.4, 0.5) is 0 Å². The molecule has 3 heterocycles. The molecular weight excluding hydrogens is 280 g/mol. The van der Waals surface area contributed by atoms with Gasteiger partial charge in [0.15, 0.2) is 0 Å². The van der Waals surface area contributed by atoms with Crippen molar-refractivity contribution in [3.63, 3.8) is 0 Å². The summed E-state index contributed by atoms with van der Waals surface area (Å²) in [6, 6.07) is 0. The van der Waals surface area contributed by atoms with Gasteiger partial charge in [0.2, 0.25) is 11.7 Å². The van der Waals surface area contributed by atoms with E-state index in [-0.39, 0.29) is 5.92 Å². The van der Waals surface area contributed by atoms with E-state index in [1.165, 1.54) is 5.56 Å². The molecule has 0 spiro atoms. The van der Waals surface area contributed by atoms with Crippen LogP contribution < -0.4 is 0 Å². The van der Waals surface area contributed by atoms with Gasteiger partial charge in [0.25, 0.3) is 0 Å². The van der Waals surface area contributed by atoms with Crippen LogP contribution in [0.25, 0.3) is 11.5 Å². The molecular formula is C15H18N6O. The molecule has 114 valence electrons. The predicted molar refractivity (Wildman–Crippen MR) is 80.1 cm³/mol. The van der Waals surface area contributed by atoms with Crippen LogP contribution in [0.15, 0.2) is 23.1 Å². The highest BCUT2D eigenvalue weighted by atomic mass is 16.5. The standard InChI is InChI=1S/C15H18N6O/c1-9(7-12-10(2)19-21(4)11(12)3)15-18-14(20-22-15)13-8-16-5-6-17-13/h5-6,8-9H,7H2,1-4H3. The van der Waals surface area contributed by atoms with E-state index in [4.69, 9.17) is 4.52 Å². The third-order valence-corrected chi connectivity index (χ3v) is 3.82. The Balaban J connectivity index is 1.81. The van der Waals surface area contributed by atoms with Crippen LogP contribution in [0.2, 0.25) is 0 Å². The topological polar surface area (TPSA) is 82.5 Å². The quantitative estimate of drug-likeness (QED) is 0.734. The molecule has 0 saturated carbocycles. The third-order valence-electron chi connectivity index (χ3n) is 3.82. The Kier molecular flexibility index (Phi) is 3.70. The second-order valence-corrected chi connectivity index (χ2v) is 5.43. The van der Waals surface area contributed by atoms with E-state index in [0.717, 1.165) is 17.8 Å². The van der Waals surface area contributed by atoms with Gasteiger partial charge in [0.1, 0.15) is 5.69 Å². The first-order chi connectivity index (χ1) is 10.6. The van der Waals surface area contributed by atoms with Crippen molar-refractivity contribution >= 4 is 0 Å². The van der Waals surface area contributed by atoms with Gasteiger partial charge in [-0.25, -0.2) is 4.98 Å². The molecule has 0 N–H and O–H groups in total. The molecule has 3 rings (SSSR count). The van der Waals surface area contributed by atoms with Crippen LogP contribution in [-0.4, -0.2) is 29.9 Å². The van der Waals surface area contributed by atoms with Crippen molar-refractivity contribution in [1.29, 1.82) is 0 Å². The molecule has 7 nitrogen and oxygen atoms in total. The number of hydrogen-bond donors (Lipinski definition) is 0. The molecule has 1 unspecified atom stereocenters. The van der Waals surface area contributed by atoms with E-state index >= 15 is 0 Å². The third kappa shape index (κ3) is 2.61. The first-order valence-corrected chi connectivity index (χ1v) is 7.15. The van der Waals surface area contributed by atoms with Gasteiger partial charge >= 0.3 is 0 Å². The van der Waals surface area contributed by atoms with Gasteiger partial charge < -0.3 is 4.52 Å². The minimum Gasteiger partial charge on any atom is -0.339 e. The fraction of sp³-hybridized carbons (Fsp3) is 0.400. The summed E-state index contributed by atoms with van der Waals surface area (Å²) in [5.41, 5.74) is 4.05. The van der Waals surface area contributed by atoms with Gasteiger partial charge in [-0.15, -0.1) is 0 Å². The molecule has 0 bridgehead atoms. The number of aryl methyl sites for hydroxylation is 2. The summed E-state index contributed by atoms with van der Waals surface area (Å²) in [6.45, 7) is 6.16. The van der Waals surface area contributed by atoms with Crippen LogP contribution in [0.5, 0.6) is 0 Å². The normalized spacial score (nSPS) is 12.5. The van der Waals surface area contributed by atoms with E-state index in [2.05, 4.69) is 39.1 Å². The van der Waals surface area contributed by atoms with Crippen LogP contribution in [0.1, 0.15) is 35.7 Å². The summed E-state index contributed by atoms with van der Waals surface area (Å²) in [5, 5.41) is 8.43. The van der Waals surface area contributed by atoms with E-state index < -0.39 is 0 Å². The van der Waals surface area contributed by atoms with Gasteiger partial charge in [-0.05, 0) is 25.8 Å². The highest BCUT2D eigenvalue weighted by Crippen LogP contribution is 2.24. The Labute approximate surface area is 128 Å². The SMILES string of the molecule is Cc1nn(C)c(C)c1CC(C)c1nc(-c2cnccn2)no1. The Morgan fingerprint density at radius 1 is 1.27 bits per heavy atom. The van der Waals surface area contributed by atoms with Gasteiger partial charge in [-0.2, -0.15) is 10.1 Å². The molecule has 0 radical (unpaired) electrons. The maximum absolute atomic E-state index is 5.38. The molecule has 3 aromatic heterocycles. The summed E-state index contributed by atoms with van der Waals surface area (Å²) in [6.07, 6.45) is 5.65. The zero-order valence-electron chi connectivity index (χ0n) is 13.1. The predicted octanol–water partition coefficient (Wildman–Crippen LogP) is 2.22. The molecule has 0 aliphatic heterocycles. The van der Waals surface area contributed by atoms with Gasteiger partial charge in [-0.3, -0.25) is 9.67 Å². The lowest BCUT2D eigenvalue weighted by molar-refractivity contribution is 0.358. The summed E-state index contributed by atoms with van der Waals surface area (Å²) in [7, 11) is 1.95. The summed E-state index contributed by atoms with van der Waals surface area (Å²) in [4.78, 5) is 12.6. The van der Waals surface area contributed by atoms with Gasteiger partial charge in [-0.1, -0.05) is 12.1 Å². The molecule has 7 heteroatoms. The van der Waals surface area contributed by atoms with E-state index in [1.807, 2.05) is 18.7 Å². The van der Waals surface area contributed by atoms with Crippen molar-refractivity contribution in [2.75, 3.05) is 0 Å². The van der Waals surface area contributed by atoms with Crippen LogP contribution in [-0.2, 0) is 13.5 Å². The van der Waals surface area contributed by atoms with Crippen LogP contribution in [0, 0.1) is 13.8 Å². The van der Waals surface area contributed by atoms with E-state index in [9.17, 15) is 0 Å². The second-order valence-electron chi connectivity index (χ2n) is 5.43. The number of nitrogens with zero attached hydrogens (tertiary/aromatic N) is 6. The lowest BCUT2D eigenvalue weighted by atomic mass is 9.99. The molecule has 0 aliphatic rings. The number of hydrogen-bond acceptors (Lipinski definition) is 6. The molecule has 1 atom stereocenters. The van der Waals surface area contributed by atoms with Crippen molar-refractivity contribution in [2.45, 2.75) is 33.1 Å². The lowest BCUT2D eigenvalue weighted by Gasteiger charge is -2.06. The number of rotatable bonds is 4. The first-order valence-electron chi connectivity index (χ1n) is 7.15. The second kappa shape index (κ2) is 5.67. The fourth-order valence-electron chi connectivity index (χ4n) is 2.46. The maximum atomic E-state index is 5.38. The van der Waals surface area contributed by atoms with Crippen molar-refractivity contribution in [3.8, 4) is 11.5 Å². The average Bonchev–Trinajstić information content (AvgIpc) is 3.10. The zero-order valence-corrected chi connectivity index (χ0v) is 13.1. The zero-order chi connectivity index (χ0) is 15.7. The fourth-order valence-corrected chi connectivity index (χ4v) is 2.46. The van der Waals surface area contributed by atoms with E-state index in [0.29, 0.717) is 17.4 Å². The lowest BCUT2D eigenvalue weighted by Crippen LogP contribution is -2.02. The Morgan fingerprint density at radius 2 is 2.09 bits per heavy atom.